The molecule has 5 nitrogen and oxygen atoms in total. The summed E-state index contributed by atoms with van der Waals surface area (Å²) in [5, 5.41) is 3.90. The van der Waals surface area contributed by atoms with E-state index in [1.54, 1.807) is 11.3 Å². The number of amides is 1. The number of thiophene rings is 1. The molecule has 0 radical (unpaired) electrons. The number of nitrogens with zero attached hydrogens (tertiary/aromatic N) is 2. The number of aryl methyl sites for hydroxylation is 1. The topological polar surface area (TPSA) is 80.9 Å². The SMILES string of the molecule is CCc1cc2c(NCC(N)=O)nc(Cl)nc2s1. The summed E-state index contributed by atoms with van der Waals surface area (Å²) in [7, 11) is 0. The molecule has 0 fully saturated rings. The van der Waals surface area contributed by atoms with Crippen LogP contribution < -0.4 is 11.1 Å². The highest BCUT2D eigenvalue weighted by Crippen LogP contribution is 2.30. The molecular formula is C10H11ClN4OS. The largest absolute Gasteiger partial charge is 0.368 e. The van der Waals surface area contributed by atoms with Gasteiger partial charge in [-0.3, -0.25) is 4.79 Å². The van der Waals surface area contributed by atoms with E-state index in [-0.39, 0.29) is 11.8 Å². The maximum atomic E-state index is 10.7. The number of hydrogen-bond donors (Lipinski definition) is 2. The summed E-state index contributed by atoms with van der Waals surface area (Å²) in [5.74, 6) is 0.105. The van der Waals surface area contributed by atoms with Gasteiger partial charge in [0, 0.05) is 4.88 Å². The maximum Gasteiger partial charge on any atom is 0.236 e. The van der Waals surface area contributed by atoms with Crippen molar-refractivity contribution < 1.29 is 4.79 Å². The van der Waals surface area contributed by atoms with Gasteiger partial charge in [0.15, 0.2) is 0 Å². The zero-order valence-corrected chi connectivity index (χ0v) is 10.7. The second-order valence-corrected chi connectivity index (χ2v) is 4.90. The third kappa shape index (κ3) is 2.65. The third-order valence-electron chi connectivity index (χ3n) is 2.20. The highest BCUT2D eigenvalue weighted by molar-refractivity contribution is 7.18. The van der Waals surface area contributed by atoms with Crippen LogP contribution in [0.1, 0.15) is 11.8 Å². The van der Waals surface area contributed by atoms with Crippen LogP contribution in [0.15, 0.2) is 6.07 Å². The van der Waals surface area contributed by atoms with Crippen molar-refractivity contribution in [3.63, 3.8) is 0 Å². The number of nitrogens with one attached hydrogen (secondary N) is 1. The van der Waals surface area contributed by atoms with Crippen LogP contribution >= 0.6 is 22.9 Å². The monoisotopic (exact) mass is 270 g/mol. The van der Waals surface area contributed by atoms with Gasteiger partial charge in [-0.05, 0) is 24.1 Å². The van der Waals surface area contributed by atoms with Gasteiger partial charge in [0.2, 0.25) is 11.2 Å². The van der Waals surface area contributed by atoms with Crippen LogP contribution in [0.4, 0.5) is 5.82 Å². The lowest BCUT2D eigenvalue weighted by Gasteiger charge is -2.04. The molecule has 0 aliphatic carbocycles. The molecule has 0 spiro atoms. The number of carbonyl (C=O) groups is 1. The molecular weight excluding hydrogens is 260 g/mol. The van der Waals surface area contributed by atoms with Gasteiger partial charge in [0.05, 0.1) is 11.9 Å². The molecule has 0 unspecified atom stereocenters. The molecule has 0 aliphatic heterocycles. The van der Waals surface area contributed by atoms with E-state index in [2.05, 4.69) is 22.2 Å². The van der Waals surface area contributed by atoms with Gasteiger partial charge in [0.1, 0.15) is 10.6 Å². The van der Waals surface area contributed by atoms with Crippen molar-refractivity contribution in [1.82, 2.24) is 9.97 Å². The van der Waals surface area contributed by atoms with E-state index in [9.17, 15) is 4.79 Å². The molecule has 3 N–H and O–H groups in total. The van der Waals surface area contributed by atoms with Crippen molar-refractivity contribution in [2.45, 2.75) is 13.3 Å². The second-order valence-electron chi connectivity index (χ2n) is 3.45. The zero-order chi connectivity index (χ0) is 12.4. The van der Waals surface area contributed by atoms with E-state index in [1.165, 1.54) is 4.88 Å². The first-order valence-electron chi connectivity index (χ1n) is 5.08. The molecule has 7 heteroatoms. The molecule has 0 bridgehead atoms. The molecule has 0 aromatic carbocycles. The number of aromatic nitrogens is 2. The molecule has 2 aromatic rings. The summed E-state index contributed by atoms with van der Waals surface area (Å²) in [6, 6.07) is 2.00. The second kappa shape index (κ2) is 4.85. The minimum atomic E-state index is -0.446. The van der Waals surface area contributed by atoms with Crippen LogP contribution in [0, 0.1) is 0 Å². The average molecular weight is 271 g/mol. The summed E-state index contributed by atoms with van der Waals surface area (Å²) in [6.45, 7) is 2.09. The van der Waals surface area contributed by atoms with E-state index in [4.69, 9.17) is 17.3 Å². The first-order valence-corrected chi connectivity index (χ1v) is 6.27. The van der Waals surface area contributed by atoms with Gasteiger partial charge >= 0.3 is 0 Å². The standard InChI is InChI=1S/C10H11ClN4OS/c1-2-5-3-6-8(13-4-7(12)16)14-10(11)15-9(6)17-5/h3H,2,4H2,1H3,(H2,12,16)(H,13,14,15). The Bertz CT molecular complexity index is 569. The van der Waals surface area contributed by atoms with Crippen LogP contribution in [0.25, 0.3) is 10.2 Å². The lowest BCUT2D eigenvalue weighted by molar-refractivity contribution is -0.116. The van der Waals surface area contributed by atoms with Crippen molar-refractivity contribution in [3.05, 3.63) is 16.2 Å². The Kier molecular flexibility index (Phi) is 3.44. The molecule has 17 heavy (non-hydrogen) atoms. The number of hydrogen-bond acceptors (Lipinski definition) is 5. The number of rotatable bonds is 4. The minimum absolute atomic E-state index is 0.0275. The fourth-order valence-corrected chi connectivity index (χ4v) is 2.61. The number of primary amides is 1. The Labute approximate surface area is 107 Å². The summed E-state index contributed by atoms with van der Waals surface area (Å²) >= 11 is 7.39. The van der Waals surface area contributed by atoms with Gasteiger partial charge in [-0.1, -0.05) is 6.92 Å². The molecule has 0 saturated carbocycles. The van der Waals surface area contributed by atoms with Crippen LogP contribution in [0.5, 0.6) is 0 Å². The molecule has 0 aliphatic rings. The summed E-state index contributed by atoms with van der Waals surface area (Å²) in [6.07, 6.45) is 0.925. The van der Waals surface area contributed by atoms with Gasteiger partial charge in [0.25, 0.3) is 0 Å². The van der Waals surface area contributed by atoms with Crippen molar-refractivity contribution in [2.24, 2.45) is 5.73 Å². The van der Waals surface area contributed by atoms with Gasteiger partial charge < -0.3 is 11.1 Å². The molecule has 2 aromatic heterocycles. The first-order chi connectivity index (χ1) is 8.10. The quantitative estimate of drug-likeness (QED) is 0.830. The number of nitrogens with two attached hydrogens (primary N) is 1. The molecule has 90 valence electrons. The Balaban J connectivity index is 2.44. The predicted molar refractivity (Wildman–Crippen MR) is 69.5 cm³/mol. The first kappa shape index (κ1) is 12.1. The lowest BCUT2D eigenvalue weighted by Crippen LogP contribution is -2.22. The highest BCUT2D eigenvalue weighted by Gasteiger charge is 2.10. The summed E-state index contributed by atoms with van der Waals surface area (Å²) < 4.78 is 0. The van der Waals surface area contributed by atoms with Gasteiger partial charge in [-0.2, -0.15) is 0 Å². The van der Waals surface area contributed by atoms with Gasteiger partial charge in [-0.25, -0.2) is 9.97 Å². The third-order valence-corrected chi connectivity index (χ3v) is 3.54. The zero-order valence-electron chi connectivity index (χ0n) is 9.16. The van der Waals surface area contributed by atoms with Crippen LogP contribution in [0.2, 0.25) is 5.28 Å². The van der Waals surface area contributed by atoms with Crippen molar-refractivity contribution in [1.29, 1.82) is 0 Å². The smallest absolute Gasteiger partial charge is 0.236 e. The van der Waals surface area contributed by atoms with Crippen LogP contribution in [-0.4, -0.2) is 22.4 Å². The van der Waals surface area contributed by atoms with E-state index < -0.39 is 5.91 Å². The average Bonchev–Trinajstić information content (AvgIpc) is 2.68. The molecule has 0 atom stereocenters. The number of anilines is 1. The molecule has 2 heterocycles. The molecule has 1 amide bonds. The van der Waals surface area contributed by atoms with Crippen molar-refractivity contribution in [3.8, 4) is 0 Å². The predicted octanol–water partition coefficient (Wildman–Crippen LogP) is 1.80. The van der Waals surface area contributed by atoms with E-state index in [0.29, 0.717) is 5.82 Å². The number of carbonyl (C=O) groups excluding carboxylic acids is 1. The maximum absolute atomic E-state index is 10.7. The van der Waals surface area contributed by atoms with Gasteiger partial charge in [-0.15, -0.1) is 11.3 Å². The Morgan fingerprint density at radius 1 is 1.59 bits per heavy atom. The van der Waals surface area contributed by atoms with E-state index in [0.717, 1.165) is 16.6 Å². The van der Waals surface area contributed by atoms with Crippen molar-refractivity contribution >= 4 is 44.9 Å². The fraction of sp³-hybridized carbons (Fsp3) is 0.300. The molecule has 0 saturated heterocycles. The number of halogens is 1. The molecule has 2 rings (SSSR count). The number of fused-ring (bicyclic) bond motifs is 1. The van der Waals surface area contributed by atoms with Crippen molar-refractivity contribution in [2.75, 3.05) is 11.9 Å². The Hall–Kier alpha value is -1.40. The highest BCUT2D eigenvalue weighted by atomic mass is 35.5. The Morgan fingerprint density at radius 3 is 3.00 bits per heavy atom. The van der Waals surface area contributed by atoms with Crippen LogP contribution in [-0.2, 0) is 11.2 Å². The minimum Gasteiger partial charge on any atom is -0.368 e. The lowest BCUT2D eigenvalue weighted by atomic mass is 10.3. The normalized spacial score (nSPS) is 10.7. The fourth-order valence-electron chi connectivity index (χ4n) is 1.43. The Morgan fingerprint density at radius 2 is 2.35 bits per heavy atom. The van der Waals surface area contributed by atoms with E-state index in [1.807, 2.05) is 6.07 Å². The van der Waals surface area contributed by atoms with E-state index >= 15 is 0 Å². The summed E-state index contributed by atoms with van der Waals surface area (Å²) in [5.41, 5.74) is 5.08. The summed E-state index contributed by atoms with van der Waals surface area (Å²) in [4.78, 5) is 21.0. The van der Waals surface area contributed by atoms with Crippen LogP contribution in [0.3, 0.4) is 0 Å².